The Labute approximate surface area is 72.8 Å². The van der Waals surface area contributed by atoms with Crippen molar-refractivity contribution in [2.45, 2.75) is 39.5 Å². The Hall–Kier alpha value is -0.860. The second-order valence-electron chi connectivity index (χ2n) is 3.09. The number of unbranched alkanes of at least 4 members (excludes halogenated alkanes) is 1. The molecule has 0 saturated heterocycles. The molecule has 0 aliphatic rings. The average molecular weight is 172 g/mol. The Morgan fingerprint density at radius 2 is 2.00 bits per heavy atom. The molecule has 0 bridgehead atoms. The summed E-state index contributed by atoms with van der Waals surface area (Å²) < 4.78 is 0. The summed E-state index contributed by atoms with van der Waals surface area (Å²) in [5, 5.41) is 8.50. The summed E-state index contributed by atoms with van der Waals surface area (Å²) in [5.41, 5.74) is 0. The summed E-state index contributed by atoms with van der Waals surface area (Å²) in [6.07, 6.45) is 2.54. The van der Waals surface area contributed by atoms with Crippen LogP contribution in [0.1, 0.15) is 39.5 Å². The van der Waals surface area contributed by atoms with Gasteiger partial charge < -0.3 is 5.11 Å². The van der Waals surface area contributed by atoms with Crippen LogP contribution in [0.3, 0.4) is 0 Å². The molecule has 0 fully saturated rings. The van der Waals surface area contributed by atoms with E-state index in [4.69, 9.17) is 5.11 Å². The minimum Gasteiger partial charge on any atom is -0.481 e. The molecule has 3 nitrogen and oxygen atoms in total. The van der Waals surface area contributed by atoms with Gasteiger partial charge in [0.1, 0.15) is 5.78 Å². The van der Waals surface area contributed by atoms with Gasteiger partial charge >= 0.3 is 5.97 Å². The molecule has 3 heteroatoms. The molecule has 0 rings (SSSR count). The predicted octanol–water partition coefficient (Wildman–Crippen LogP) is 1.86. The molecule has 12 heavy (non-hydrogen) atoms. The number of ketones is 1. The number of hydrogen-bond acceptors (Lipinski definition) is 2. The van der Waals surface area contributed by atoms with Crippen LogP contribution in [-0.4, -0.2) is 16.9 Å². The zero-order chi connectivity index (χ0) is 9.56. The SMILES string of the molecule is CCCCC(=O)CC(C)C(=O)O. The Kier molecular flexibility index (Phi) is 5.34. The zero-order valence-corrected chi connectivity index (χ0v) is 7.67. The van der Waals surface area contributed by atoms with Crippen LogP contribution in [0.5, 0.6) is 0 Å². The molecule has 1 atom stereocenters. The topological polar surface area (TPSA) is 54.4 Å². The first-order chi connectivity index (χ1) is 5.57. The third-order valence-electron chi connectivity index (χ3n) is 1.76. The Balaban J connectivity index is 3.61. The summed E-state index contributed by atoms with van der Waals surface area (Å²) in [6, 6.07) is 0. The van der Waals surface area contributed by atoms with Crippen molar-refractivity contribution in [2.75, 3.05) is 0 Å². The summed E-state index contributed by atoms with van der Waals surface area (Å²) in [5.74, 6) is -1.36. The number of carbonyl (C=O) groups is 2. The van der Waals surface area contributed by atoms with E-state index >= 15 is 0 Å². The van der Waals surface area contributed by atoms with E-state index in [1.54, 1.807) is 6.92 Å². The lowest BCUT2D eigenvalue weighted by Gasteiger charge is -2.03. The Morgan fingerprint density at radius 3 is 2.42 bits per heavy atom. The van der Waals surface area contributed by atoms with E-state index in [0.717, 1.165) is 12.8 Å². The lowest BCUT2D eigenvalue weighted by atomic mass is 10.0. The van der Waals surface area contributed by atoms with Gasteiger partial charge in [0.2, 0.25) is 0 Å². The van der Waals surface area contributed by atoms with Crippen LogP contribution >= 0.6 is 0 Å². The van der Waals surface area contributed by atoms with Gasteiger partial charge in [-0.1, -0.05) is 20.3 Å². The van der Waals surface area contributed by atoms with Crippen LogP contribution in [0.4, 0.5) is 0 Å². The van der Waals surface area contributed by atoms with Gasteiger partial charge in [0, 0.05) is 12.8 Å². The average Bonchev–Trinajstić information content (AvgIpc) is 2.00. The van der Waals surface area contributed by atoms with Crippen LogP contribution < -0.4 is 0 Å². The fourth-order valence-corrected chi connectivity index (χ4v) is 0.905. The van der Waals surface area contributed by atoms with E-state index in [-0.39, 0.29) is 12.2 Å². The van der Waals surface area contributed by atoms with E-state index in [0.29, 0.717) is 6.42 Å². The monoisotopic (exact) mass is 172 g/mol. The molecule has 0 spiro atoms. The molecule has 1 N–H and O–H groups in total. The maximum Gasteiger partial charge on any atom is 0.306 e. The number of hydrogen-bond donors (Lipinski definition) is 1. The van der Waals surface area contributed by atoms with Crippen LogP contribution in [0.25, 0.3) is 0 Å². The van der Waals surface area contributed by atoms with E-state index in [1.807, 2.05) is 6.92 Å². The summed E-state index contributed by atoms with van der Waals surface area (Å²) in [4.78, 5) is 21.4. The molecule has 0 aromatic carbocycles. The summed E-state index contributed by atoms with van der Waals surface area (Å²) in [6.45, 7) is 3.57. The highest BCUT2D eigenvalue weighted by atomic mass is 16.4. The van der Waals surface area contributed by atoms with Crippen LogP contribution in [-0.2, 0) is 9.59 Å². The zero-order valence-electron chi connectivity index (χ0n) is 7.67. The van der Waals surface area contributed by atoms with E-state index < -0.39 is 11.9 Å². The minimum atomic E-state index is -0.889. The maximum absolute atomic E-state index is 11.1. The minimum absolute atomic E-state index is 0.0618. The molecule has 70 valence electrons. The molecule has 0 aromatic rings. The molecule has 1 unspecified atom stereocenters. The second-order valence-corrected chi connectivity index (χ2v) is 3.09. The molecule has 0 aromatic heterocycles. The predicted molar refractivity (Wildman–Crippen MR) is 45.9 cm³/mol. The Morgan fingerprint density at radius 1 is 1.42 bits per heavy atom. The third-order valence-corrected chi connectivity index (χ3v) is 1.76. The van der Waals surface area contributed by atoms with Gasteiger partial charge in [0.25, 0.3) is 0 Å². The highest BCUT2D eigenvalue weighted by Gasteiger charge is 2.14. The van der Waals surface area contributed by atoms with Crippen molar-refractivity contribution >= 4 is 11.8 Å². The number of carboxylic acids is 1. The quantitative estimate of drug-likeness (QED) is 0.665. The van der Waals surface area contributed by atoms with Gasteiger partial charge in [-0.2, -0.15) is 0 Å². The summed E-state index contributed by atoms with van der Waals surface area (Å²) >= 11 is 0. The fourth-order valence-electron chi connectivity index (χ4n) is 0.905. The lowest BCUT2D eigenvalue weighted by Crippen LogP contribution is -2.14. The highest BCUT2D eigenvalue weighted by Crippen LogP contribution is 2.06. The number of carboxylic acid groups (broad SMARTS) is 1. The third kappa shape index (κ3) is 4.88. The Bertz CT molecular complexity index is 163. The van der Waals surface area contributed by atoms with Gasteiger partial charge in [-0.05, 0) is 6.42 Å². The van der Waals surface area contributed by atoms with E-state index in [9.17, 15) is 9.59 Å². The van der Waals surface area contributed by atoms with Crippen LogP contribution in [0.2, 0.25) is 0 Å². The standard InChI is InChI=1S/C9H16O3/c1-3-4-5-8(10)6-7(2)9(11)12/h7H,3-6H2,1-2H3,(H,11,12). The molecule has 0 aliphatic heterocycles. The van der Waals surface area contributed by atoms with Crippen molar-refractivity contribution in [1.29, 1.82) is 0 Å². The van der Waals surface area contributed by atoms with Crippen molar-refractivity contribution in [3.8, 4) is 0 Å². The van der Waals surface area contributed by atoms with E-state index in [1.165, 1.54) is 0 Å². The largest absolute Gasteiger partial charge is 0.481 e. The maximum atomic E-state index is 11.1. The lowest BCUT2D eigenvalue weighted by molar-refractivity contribution is -0.143. The highest BCUT2D eigenvalue weighted by molar-refractivity contribution is 5.83. The van der Waals surface area contributed by atoms with Crippen LogP contribution in [0, 0.1) is 5.92 Å². The first-order valence-corrected chi connectivity index (χ1v) is 4.32. The smallest absolute Gasteiger partial charge is 0.306 e. The fraction of sp³-hybridized carbons (Fsp3) is 0.778. The van der Waals surface area contributed by atoms with Gasteiger partial charge in [-0.15, -0.1) is 0 Å². The van der Waals surface area contributed by atoms with Crippen molar-refractivity contribution < 1.29 is 14.7 Å². The number of rotatable bonds is 6. The van der Waals surface area contributed by atoms with Crippen molar-refractivity contribution in [1.82, 2.24) is 0 Å². The van der Waals surface area contributed by atoms with Gasteiger partial charge in [-0.3, -0.25) is 9.59 Å². The summed E-state index contributed by atoms with van der Waals surface area (Å²) in [7, 11) is 0. The molecular formula is C9H16O3. The normalized spacial score (nSPS) is 12.5. The molecular weight excluding hydrogens is 156 g/mol. The number of aliphatic carboxylic acids is 1. The number of Topliss-reactive ketones (excluding diaryl/α,β-unsaturated/α-hetero) is 1. The molecule has 0 amide bonds. The van der Waals surface area contributed by atoms with E-state index in [2.05, 4.69) is 0 Å². The van der Waals surface area contributed by atoms with Gasteiger partial charge in [0.15, 0.2) is 0 Å². The first-order valence-electron chi connectivity index (χ1n) is 4.32. The molecule has 0 heterocycles. The van der Waals surface area contributed by atoms with Crippen LogP contribution in [0.15, 0.2) is 0 Å². The number of carbonyl (C=O) groups excluding carboxylic acids is 1. The first kappa shape index (κ1) is 11.1. The molecule has 0 aliphatic carbocycles. The second kappa shape index (κ2) is 5.75. The molecule has 0 saturated carbocycles. The van der Waals surface area contributed by atoms with Gasteiger partial charge in [-0.25, -0.2) is 0 Å². The van der Waals surface area contributed by atoms with Crippen molar-refractivity contribution in [3.05, 3.63) is 0 Å². The van der Waals surface area contributed by atoms with Crippen molar-refractivity contribution in [3.63, 3.8) is 0 Å². The molecule has 0 radical (unpaired) electrons. The van der Waals surface area contributed by atoms with Crippen molar-refractivity contribution in [2.24, 2.45) is 5.92 Å². The van der Waals surface area contributed by atoms with Gasteiger partial charge in [0.05, 0.1) is 5.92 Å².